The van der Waals surface area contributed by atoms with Crippen LogP contribution in [0.25, 0.3) is 11.1 Å². The number of benzene rings is 2. The van der Waals surface area contributed by atoms with Crippen LogP contribution >= 0.6 is 0 Å². The molecule has 2 aliphatic rings. The lowest BCUT2D eigenvalue weighted by atomic mass is 9.98. The second-order valence-corrected chi connectivity index (χ2v) is 9.17. The molecule has 0 spiro atoms. The summed E-state index contributed by atoms with van der Waals surface area (Å²) in [5.41, 5.74) is 4.65. The van der Waals surface area contributed by atoms with Crippen molar-refractivity contribution >= 4 is 18.0 Å². The fourth-order valence-electron chi connectivity index (χ4n) is 5.08. The number of aliphatic carboxylic acids is 1. The van der Waals surface area contributed by atoms with Gasteiger partial charge in [0.2, 0.25) is 5.91 Å². The van der Waals surface area contributed by atoms with Crippen LogP contribution in [0.3, 0.4) is 0 Å². The second-order valence-electron chi connectivity index (χ2n) is 9.17. The van der Waals surface area contributed by atoms with Gasteiger partial charge in [0.05, 0.1) is 6.10 Å². The van der Waals surface area contributed by atoms with E-state index < -0.39 is 30.1 Å². The molecule has 8 nitrogen and oxygen atoms in total. The van der Waals surface area contributed by atoms with Crippen LogP contribution in [0, 0.1) is 5.92 Å². The van der Waals surface area contributed by atoms with Crippen LogP contribution in [-0.2, 0) is 14.3 Å². The number of ether oxygens (including phenoxy) is 1. The zero-order valence-electron chi connectivity index (χ0n) is 19.1. The van der Waals surface area contributed by atoms with Gasteiger partial charge in [-0.15, -0.1) is 0 Å². The molecule has 34 heavy (non-hydrogen) atoms. The lowest BCUT2D eigenvalue weighted by molar-refractivity contribution is -0.144. The first-order valence-corrected chi connectivity index (χ1v) is 11.6. The second kappa shape index (κ2) is 10.3. The number of aliphatic hydroxyl groups is 1. The van der Waals surface area contributed by atoms with E-state index in [1.807, 2.05) is 24.3 Å². The van der Waals surface area contributed by atoms with Gasteiger partial charge in [0.25, 0.3) is 0 Å². The van der Waals surface area contributed by atoms with Gasteiger partial charge in [-0.1, -0.05) is 48.5 Å². The predicted molar refractivity (Wildman–Crippen MR) is 125 cm³/mol. The zero-order chi connectivity index (χ0) is 24.2. The quantitative estimate of drug-likeness (QED) is 0.474. The van der Waals surface area contributed by atoms with Gasteiger partial charge < -0.3 is 25.6 Å². The highest BCUT2D eigenvalue weighted by molar-refractivity contribution is 5.84. The molecule has 180 valence electrons. The smallest absolute Gasteiger partial charge is 0.407 e. The molecule has 4 atom stereocenters. The summed E-state index contributed by atoms with van der Waals surface area (Å²) in [6.07, 6.45) is 0.573. The number of hydrogen-bond donors (Lipinski definition) is 4. The van der Waals surface area contributed by atoms with E-state index >= 15 is 0 Å². The van der Waals surface area contributed by atoms with E-state index in [1.165, 1.54) is 18.1 Å². The van der Waals surface area contributed by atoms with Crippen molar-refractivity contribution in [2.24, 2.45) is 5.92 Å². The molecule has 4 rings (SSSR count). The van der Waals surface area contributed by atoms with E-state index in [9.17, 15) is 19.5 Å². The summed E-state index contributed by atoms with van der Waals surface area (Å²) < 4.78 is 5.60. The average Bonchev–Trinajstić information content (AvgIpc) is 3.37. The average molecular weight is 467 g/mol. The zero-order valence-corrected chi connectivity index (χ0v) is 19.1. The monoisotopic (exact) mass is 466 g/mol. The van der Waals surface area contributed by atoms with Crippen LogP contribution < -0.4 is 10.6 Å². The number of carboxylic acid groups (broad SMARTS) is 1. The number of rotatable bonds is 8. The maximum atomic E-state index is 12.5. The van der Waals surface area contributed by atoms with Crippen molar-refractivity contribution in [3.8, 4) is 11.1 Å². The van der Waals surface area contributed by atoms with Crippen molar-refractivity contribution in [3.05, 3.63) is 59.7 Å². The number of hydrogen-bond acceptors (Lipinski definition) is 5. The minimum Gasteiger partial charge on any atom is -0.480 e. The van der Waals surface area contributed by atoms with Crippen LogP contribution in [0.2, 0.25) is 0 Å². The summed E-state index contributed by atoms with van der Waals surface area (Å²) in [4.78, 5) is 35.8. The van der Waals surface area contributed by atoms with Crippen molar-refractivity contribution in [1.82, 2.24) is 10.6 Å². The summed E-state index contributed by atoms with van der Waals surface area (Å²) in [5.74, 6) is -1.67. The fourth-order valence-corrected chi connectivity index (χ4v) is 5.08. The largest absolute Gasteiger partial charge is 0.480 e. The fraction of sp³-hybridized carbons (Fsp3) is 0.423. The summed E-state index contributed by atoms with van der Waals surface area (Å²) in [6, 6.07) is 14.9. The Kier molecular flexibility index (Phi) is 7.17. The van der Waals surface area contributed by atoms with Crippen LogP contribution in [0.15, 0.2) is 48.5 Å². The molecular formula is C26H30N2O6. The first kappa shape index (κ1) is 23.8. The highest BCUT2D eigenvalue weighted by Crippen LogP contribution is 2.44. The van der Waals surface area contributed by atoms with Crippen molar-refractivity contribution < 1.29 is 29.3 Å². The molecule has 0 heterocycles. The van der Waals surface area contributed by atoms with Gasteiger partial charge in [-0.3, -0.25) is 4.79 Å². The molecule has 0 radical (unpaired) electrons. The molecule has 2 amide bonds. The van der Waals surface area contributed by atoms with E-state index in [4.69, 9.17) is 9.84 Å². The minimum atomic E-state index is -1.33. The highest BCUT2D eigenvalue weighted by atomic mass is 16.5. The molecule has 2 unspecified atom stereocenters. The third-order valence-electron chi connectivity index (χ3n) is 6.75. The lowest BCUT2D eigenvalue weighted by Gasteiger charge is -2.19. The van der Waals surface area contributed by atoms with Crippen molar-refractivity contribution in [2.75, 3.05) is 6.61 Å². The Balaban J connectivity index is 1.26. The Morgan fingerprint density at radius 3 is 2.24 bits per heavy atom. The van der Waals surface area contributed by atoms with Gasteiger partial charge in [-0.25, -0.2) is 9.59 Å². The predicted octanol–water partition coefficient (Wildman–Crippen LogP) is 3.03. The lowest BCUT2D eigenvalue weighted by Crippen LogP contribution is -2.48. The van der Waals surface area contributed by atoms with Crippen LogP contribution in [0.1, 0.15) is 49.7 Å². The maximum absolute atomic E-state index is 12.5. The Morgan fingerprint density at radius 2 is 1.65 bits per heavy atom. The Morgan fingerprint density at radius 1 is 1.03 bits per heavy atom. The van der Waals surface area contributed by atoms with Crippen LogP contribution in [-0.4, -0.2) is 53.0 Å². The van der Waals surface area contributed by atoms with Crippen LogP contribution in [0.4, 0.5) is 4.79 Å². The number of carbonyl (C=O) groups excluding carboxylic acids is 2. The van der Waals surface area contributed by atoms with Crippen molar-refractivity contribution in [3.63, 3.8) is 0 Å². The van der Waals surface area contributed by atoms with Crippen molar-refractivity contribution in [1.29, 1.82) is 0 Å². The normalized spacial score (nSPS) is 20.6. The molecule has 0 aromatic heterocycles. The van der Waals surface area contributed by atoms with Crippen molar-refractivity contribution in [2.45, 2.75) is 56.7 Å². The summed E-state index contributed by atoms with van der Waals surface area (Å²) in [5, 5.41) is 23.9. The van der Waals surface area contributed by atoms with E-state index in [-0.39, 0.29) is 30.9 Å². The molecule has 1 fully saturated rings. The van der Waals surface area contributed by atoms with Gasteiger partial charge in [0.15, 0.2) is 6.04 Å². The minimum absolute atomic E-state index is 0.00531. The molecule has 8 heteroatoms. The maximum Gasteiger partial charge on any atom is 0.407 e. The first-order chi connectivity index (χ1) is 16.3. The summed E-state index contributed by atoms with van der Waals surface area (Å²) in [7, 11) is 0. The Bertz CT molecular complexity index is 1020. The molecule has 2 aromatic rings. The number of alkyl carbamates (subject to hydrolysis) is 1. The third-order valence-corrected chi connectivity index (χ3v) is 6.75. The Labute approximate surface area is 198 Å². The van der Waals surface area contributed by atoms with Gasteiger partial charge in [-0.2, -0.15) is 0 Å². The highest BCUT2D eigenvalue weighted by Gasteiger charge is 2.32. The standard InChI is InChI=1S/C26H30N2O6/c1-15(29)24(25(31)32)28-23(30)13-16-10-11-17(12-16)27-26(33)34-14-22-20-8-4-2-6-18(20)19-7-3-5-9-21(19)22/h2-9,15-17,22,24,29H,10-14H2,1H3,(H,27,33)(H,28,30)(H,31,32)/t15-,16?,17?,24+/m1/s1. The molecule has 2 aromatic carbocycles. The molecular weight excluding hydrogens is 436 g/mol. The van der Waals surface area contributed by atoms with Gasteiger partial charge in [-0.05, 0) is 54.4 Å². The first-order valence-electron chi connectivity index (χ1n) is 11.6. The Hall–Kier alpha value is -3.39. The van der Waals surface area contributed by atoms with E-state index in [0.29, 0.717) is 6.42 Å². The topological polar surface area (TPSA) is 125 Å². The van der Waals surface area contributed by atoms with E-state index in [1.54, 1.807) is 0 Å². The van der Waals surface area contributed by atoms with Crippen LogP contribution in [0.5, 0.6) is 0 Å². The molecule has 0 aliphatic heterocycles. The number of fused-ring (bicyclic) bond motifs is 3. The molecule has 0 bridgehead atoms. The number of aliphatic hydroxyl groups excluding tert-OH is 1. The number of amides is 2. The van der Waals surface area contributed by atoms with E-state index in [2.05, 4.69) is 34.9 Å². The molecule has 1 saturated carbocycles. The summed E-state index contributed by atoms with van der Waals surface area (Å²) >= 11 is 0. The van der Waals surface area contributed by atoms with Gasteiger partial charge in [0.1, 0.15) is 6.61 Å². The number of nitrogens with one attached hydrogen (secondary N) is 2. The third kappa shape index (κ3) is 5.22. The SMILES string of the molecule is C[C@@H](O)[C@H](NC(=O)CC1CCC(NC(=O)OCC2c3ccccc3-c3ccccc32)C1)C(=O)O. The molecule has 2 aliphatic carbocycles. The molecule has 4 N–H and O–H groups in total. The number of carbonyl (C=O) groups is 3. The van der Waals surface area contributed by atoms with Gasteiger partial charge >= 0.3 is 12.1 Å². The van der Waals surface area contributed by atoms with Gasteiger partial charge in [0, 0.05) is 18.4 Å². The molecule has 0 saturated heterocycles. The number of carboxylic acids is 1. The van der Waals surface area contributed by atoms with E-state index in [0.717, 1.165) is 24.0 Å². The summed E-state index contributed by atoms with van der Waals surface area (Å²) in [6.45, 7) is 1.57.